The fraction of sp³-hybridized carbons (Fsp3) is 0.714. The molecular weight excluding hydrogens is 412 g/mol. The van der Waals surface area contributed by atoms with Gasteiger partial charge in [0.05, 0.1) is 24.8 Å². The molecule has 4 rings (SSSR count). The van der Waals surface area contributed by atoms with E-state index in [-0.39, 0.29) is 5.91 Å². The maximum absolute atomic E-state index is 11.1. The highest BCUT2D eigenvalue weighted by Crippen LogP contribution is 2.28. The van der Waals surface area contributed by atoms with E-state index < -0.39 is 0 Å². The van der Waals surface area contributed by atoms with Crippen LogP contribution in [-0.2, 0) is 16.1 Å². The van der Waals surface area contributed by atoms with Crippen molar-refractivity contribution in [2.75, 3.05) is 69.3 Å². The molecule has 0 aliphatic carbocycles. The summed E-state index contributed by atoms with van der Waals surface area (Å²) in [5.41, 5.74) is 2.56. The zero-order chi connectivity index (χ0) is 22.3. The molecule has 0 spiro atoms. The van der Waals surface area contributed by atoms with Gasteiger partial charge in [0.2, 0.25) is 11.9 Å². The van der Waals surface area contributed by atoms with Crippen LogP contribution in [0.5, 0.6) is 0 Å². The van der Waals surface area contributed by atoms with Gasteiger partial charge in [-0.3, -0.25) is 10.0 Å². The first kappa shape index (κ1) is 22.7. The van der Waals surface area contributed by atoms with Crippen LogP contribution >= 0.6 is 0 Å². The number of hydroxylamine groups is 1. The molecular formula is C21H34N8O3. The van der Waals surface area contributed by atoms with E-state index in [1.165, 1.54) is 0 Å². The van der Waals surface area contributed by atoms with Gasteiger partial charge in [0.25, 0.3) is 0 Å². The van der Waals surface area contributed by atoms with Gasteiger partial charge in [-0.15, -0.1) is 0 Å². The lowest BCUT2D eigenvalue weighted by Gasteiger charge is -2.33. The molecule has 2 N–H and O–H groups in total. The molecule has 0 saturated carbocycles. The molecule has 0 atom stereocenters. The molecule has 2 aromatic heterocycles. The second-order valence-electron chi connectivity index (χ2n) is 8.54. The van der Waals surface area contributed by atoms with Gasteiger partial charge in [-0.2, -0.15) is 15.1 Å². The van der Waals surface area contributed by atoms with Crippen LogP contribution in [0.3, 0.4) is 0 Å². The Morgan fingerprint density at radius 3 is 2.53 bits per heavy atom. The zero-order valence-electron chi connectivity index (χ0n) is 18.9. The summed E-state index contributed by atoms with van der Waals surface area (Å²) in [6.45, 7) is 7.67. The van der Waals surface area contributed by atoms with Gasteiger partial charge >= 0.3 is 0 Å². The molecule has 176 valence electrons. The van der Waals surface area contributed by atoms with Crippen LogP contribution in [0.25, 0.3) is 11.0 Å². The predicted molar refractivity (Wildman–Crippen MR) is 121 cm³/mol. The molecule has 4 heterocycles. The molecule has 0 bridgehead atoms. The lowest BCUT2D eigenvalue weighted by atomic mass is 10.1. The lowest BCUT2D eigenvalue weighted by Crippen LogP contribution is -2.45. The molecule has 2 fully saturated rings. The van der Waals surface area contributed by atoms with Crippen molar-refractivity contribution in [2.24, 2.45) is 0 Å². The highest BCUT2D eigenvalue weighted by atomic mass is 16.5. The first-order valence-corrected chi connectivity index (χ1v) is 11.6. The molecule has 0 radical (unpaired) electrons. The van der Waals surface area contributed by atoms with Gasteiger partial charge in [0, 0.05) is 52.2 Å². The number of carbonyl (C=O) groups is 1. The Morgan fingerprint density at radius 2 is 1.78 bits per heavy atom. The summed E-state index contributed by atoms with van der Waals surface area (Å²) in [6.07, 6.45) is 5.90. The number of morpholine rings is 1. The molecule has 2 aromatic rings. The minimum Gasteiger partial charge on any atom is -0.378 e. The van der Waals surface area contributed by atoms with E-state index in [4.69, 9.17) is 19.9 Å². The number of piperazine rings is 1. The van der Waals surface area contributed by atoms with Crippen molar-refractivity contribution in [3.8, 4) is 0 Å². The van der Waals surface area contributed by atoms with Crippen molar-refractivity contribution in [3.05, 3.63) is 6.20 Å². The summed E-state index contributed by atoms with van der Waals surface area (Å²) in [6, 6.07) is 0. The molecule has 0 unspecified atom stereocenters. The average molecular weight is 447 g/mol. The van der Waals surface area contributed by atoms with Crippen molar-refractivity contribution >= 4 is 28.7 Å². The van der Waals surface area contributed by atoms with Gasteiger partial charge in [-0.25, -0.2) is 10.2 Å². The third-order valence-electron chi connectivity index (χ3n) is 6.21. The van der Waals surface area contributed by atoms with Crippen molar-refractivity contribution in [3.63, 3.8) is 0 Å². The van der Waals surface area contributed by atoms with E-state index in [0.29, 0.717) is 19.6 Å². The number of fused-ring (bicyclic) bond motifs is 1. The fourth-order valence-corrected chi connectivity index (χ4v) is 4.21. The van der Waals surface area contributed by atoms with Gasteiger partial charge in [-0.05, 0) is 19.9 Å². The number of hydrogen-bond acceptors (Lipinski definition) is 9. The maximum Gasteiger partial charge on any atom is 0.243 e. The fourth-order valence-electron chi connectivity index (χ4n) is 4.21. The third-order valence-corrected chi connectivity index (χ3v) is 6.21. The Balaban J connectivity index is 1.49. The van der Waals surface area contributed by atoms with Crippen LogP contribution in [0.2, 0.25) is 0 Å². The van der Waals surface area contributed by atoms with Crippen molar-refractivity contribution in [2.45, 2.75) is 38.6 Å². The van der Waals surface area contributed by atoms with Gasteiger partial charge in [0.1, 0.15) is 5.82 Å². The smallest absolute Gasteiger partial charge is 0.243 e. The molecule has 2 saturated heterocycles. The van der Waals surface area contributed by atoms with Crippen LogP contribution in [0.1, 0.15) is 32.1 Å². The monoisotopic (exact) mass is 446 g/mol. The van der Waals surface area contributed by atoms with E-state index in [2.05, 4.69) is 26.8 Å². The van der Waals surface area contributed by atoms with Crippen molar-refractivity contribution in [1.82, 2.24) is 30.1 Å². The van der Waals surface area contributed by atoms with Crippen molar-refractivity contribution in [1.29, 1.82) is 0 Å². The van der Waals surface area contributed by atoms with E-state index in [1.54, 1.807) is 5.48 Å². The number of aryl methyl sites for hydroxylation is 1. The quantitative estimate of drug-likeness (QED) is 0.329. The Morgan fingerprint density at radius 1 is 1.03 bits per heavy atom. The average Bonchev–Trinajstić information content (AvgIpc) is 3.24. The number of anilines is 2. The molecule has 2 aliphatic rings. The highest BCUT2D eigenvalue weighted by molar-refractivity contribution is 5.88. The number of likely N-dealkylation sites (N-methyl/N-ethyl adjacent to an activating group) is 1. The summed E-state index contributed by atoms with van der Waals surface area (Å²) >= 11 is 0. The number of ether oxygens (including phenoxy) is 1. The van der Waals surface area contributed by atoms with E-state index in [1.807, 2.05) is 10.9 Å². The summed E-state index contributed by atoms with van der Waals surface area (Å²) in [5, 5.41) is 14.2. The van der Waals surface area contributed by atoms with Crippen LogP contribution in [0.4, 0.5) is 11.8 Å². The van der Waals surface area contributed by atoms with E-state index in [0.717, 1.165) is 94.3 Å². The Labute approximate surface area is 188 Å². The first-order valence-electron chi connectivity index (χ1n) is 11.6. The molecule has 32 heavy (non-hydrogen) atoms. The third kappa shape index (κ3) is 5.45. The number of aromatic nitrogens is 4. The minimum atomic E-state index is -0.327. The predicted octanol–water partition coefficient (Wildman–Crippen LogP) is 0.871. The maximum atomic E-state index is 11.1. The molecule has 2 aliphatic heterocycles. The summed E-state index contributed by atoms with van der Waals surface area (Å²) in [4.78, 5) is 27.9. The summed E-state index contributed by atoms with van der Waals surface area (Å²) < 4.78 is 7.53. The minimum absolute atomic E-state index is 0.327. The second kappa shape index (κ2) is 10.9. The Kier molecular flexibility index (Phi) is 7.72. The molecule has 0 aromatic carbocycles. The number of hydrogen-bond donors (Lipinski definition) is 2. The van der Waals surface area contributed by atoms with Crippen LogP contribution < -0.4 is 15.3 Å². The molecule has 11 heteroatoms. The number of rotatable bonds is 9. The normalized spacial score (nSPS) is 17.8. The van der Waals surface area contributed by atoms with Crippen molar-refractivity contribution < 1.29 is 14.7 Å². The summed E-state index contributed by atoms with van der Waals surface area (Å²) in [7, 11) is 2.14. The van der Waals surface area contributed by atoms with Gasteiger partial charge < -0.3 is 19.4 Å². The van der Waals surface area contributed by atoms with Crippen LogP contribution in [0.15, 0.2) is 6.20 Å². The number of carbonyl (C=O) groups excluding carboxylic acids is 1. The molecule has 11 nitrogen and oxygen atoms in total. The Bertz CT molecular complexity index is 891. The topological polar surface area (TPSA) is 112 Å². The SMILES string of the molecule is CN1CCN(c2nc(N3CCOCC3)c3cnn(CCCCCCC(=O)NO)c3n2)CC1. The number of nitrogens with zero attached hydrogens (tertiary/aromatic N) is 7. The van der Waals surface area contributed by atoms with E-state index >= 15 is 0 Å². The molecule has 1 amide bonds. The van der Waals surface area contributed by atoms with Crippen LogP contribution in [0, 0.1) is 0 Å². The van der Waals surface area contributed by atoms with Crippen LogP contribution in [-0.4, -0.2) is 95.3 Å². The Hall–Kier alpha value is -2.50. The van der Waals surface area contributed by atoms with Gasteiger partial charge in [0.15, 0.2) is 5.65 Å². The largest absolute Gasteiger partial charge is 0.378 e. The number of amides is 1. The lowest BCUT2D eigenvalue weighted by molar-refractivity contribution is -0.129. The summed E-state index contributed by atoms with van der Waals surface area (Å²) in [5.74, 6) is 1.41. The standard InChI is InChI=1S/C21H34N8O3/c1-26-8-10-28(11-9-26)21-23-19(27-12-14-32-15-13-27)17-16-22-29(20(17)24-21)7-5-3-2-4-6-18(30)25-31/h16,31H,2-15H2,1H3,(H,25,30). The first-order chi connectivity index (χ1) is 15.7. The zero-order valence-corrected chi connectivity index (χ0v) is 18.9. The highest BCUT2D eigenvalue weighted by Gasteiger charge is 2.23. The number of nitrogens with one attached hydrogen (secondary N) is 1. The van der Waals surface area contributed by atoms with Gasteiger partial charge in [-0.1, -0.05) is 12.8 Å². The second-order valence-corrected chi connectivity index (χ2v) is 8.54. The van der Waals surface area contributed by atoms with E-state index in [9.17, 15) is 4.79 Å². The number of unbranched alkanes of at least 4 members (excludes halogenated alkanes) is 3.